The lowest BCUT2D eigenvalue weighted by atomic mass is 9.85. The molecule has 2 heterocycles. The van der Waals surface area contributed by atoms with Gasteiger partial charge in [-0.2, -0.15) is 0 Å². The Morgan fingerprint density at radius 3 is 2.43 bits per heavy atom. The van der Waals surface area contributed by atoms with E-state index in [0.29, 0.717) is 35.5 Å². The highest BCUT2D eigenvalue weighted by atomic mass is 16.3. The van der Waals surface area contributed by atoms with Crippen LogP contribution < -0.4 is 5.32 Å². The monoisotopic (exact) mass is 381 g/mol. The maximum atomic E-state index is 12.5. The van der Waals surface area contributed by atoms with Crippen LogP contribution in [0.2, 0.25) is 0 Å². The molecule has 1 aliphatic carbocycles. The number of hydrogen-bond acceptors (Lipinski definition) is 5. The van der Waals surface area contributed by atoms with Gasteiger partial charge in [-0.1, -0.05) is 32.9 Å². The highest BCUT2D eigenvalue weighted by Gasteiger charge is 2.47. The number of nitrogens with zero attached hydrogens (tertiary/aromatic N) is 2. The fraction of sp³-hybridized carbons (Fsp3) is 0.429. The Morgan fingerprint density at radius 1 is 1.18 bits per heavy atom. The normalized spacial score (nSPS) is 22.0. The van der Waals surface area contributed by atoms with E-state index in [-0.39, 0.29) is 35.6 Å². The van der Waals surface area contributed by atoms with E-state index in [4.69, 9.17) is 4.42 Å². The number of rotatable bonds is 3. The molecule has 28 heavy (non-hydrogen) atoms. The zero-order chi connectivity index (χ0) is 20.1. The SMILES string of the molecule is CC(C)(C)c1nc2cc(NC(=O)CN3C(=O)[C@H]4CC=CC[C@@H]4C3=O)ccc2o1. The van der Waals surface area contributed by atoms with Gasteiger partial charge in [-0.05, 0) is 31.0 Å². The number of amides is 3. The third-order valence-electron chi connectivity index (χ3n) is 5.21. The van der Waals surface area contributed by atoms with Crippen molar-refractivity contribution < 1.29 is 18.8 Å². The summed E-state index contributed by atoms with van der Waals surface area (Å²) in [5, 5.41) is 2.75. The molecular weight excluding hydrogens is 358 g/mol. The molecular formula is C21H23N3O4. The van der Waals surface area contributed by atoms with Gasteiger partial charge in [-0.15, -0.1) is 0 Å². The van der Waals surface area contributed by atoms with E-state index in [9.17, 15) is 14.4 Å². The van der Waals surface area contributed by atoms with Gasteiger partial charge in [0.2, 0.25) is 23.6 Å². The van der Waals surface area contributed by atoms with Crippen LogP contribution in [-0.4, -0.2) is 34.2 Å². The van der Waals surface area contributed by atoms with Crippen LogP contribution >= 0.6 is 0 Å². The number of nitrogens with one attached hydrogen (secondary N) is 1. The summed E-state index contributed by atoms with van der Waals surface area (Å²) >= 11 is 0. The van der Waals surface area contributed by atoms with Crippen molar-refractivity contribution in [3.05, 3.63) is 36.2 Å². The van der Waals surface area contributed by atoms with Crippen molar-refractivity contribution in [2.24, 2.45) is 11.8 Å². The molecule has 3 amide bonds. The molecule has 1 fully saturated rings. The standard InChI is InChI=1S/C21H23N3O4/c1-21(2,3)20-23-15-10-12(8-9-16(15)28-20)22-17(25)11-24-18(26)13-6-4-5-7-14(13)19(24)27/h4-5,8-10,13-14H,6-7,11H2,1-3H3,(H,22,25)/t13-,14-/m0/s1. The Labute approximate surface area is 162 Å². The Hall–Kier alpha value is -2.96. The molecule has 7 heteroatoms. The summed E-state index contributed by atoms with van der Waals surface area (Å²) in [4.78, 5) is 43.0. The topological polar surface area (TPSA) is 92.5 Å². The maximum absolute atomic E-state index is 12.5. The van der Waals surface area contributed by atoms with Crippen LogP contribution in [0.15, 0.2) is 34.8 Å². The van der Waals surface area contributed by atoms with E-state index in [2.05, 4.69) is 10.3 Å². The minimum Gasteiger partial charge on any atom is -0.440 e. The summed E-state index contributed by atoms with van der Waals surface area (Å²) in [5.74, 6) is -0.949. The molecule has 2 aliphatic rings. The number of oxazole rings is 1. The van der Waals surface area contributed by atoms with Gasteiger partial charge >= 0.3 is 0 Å². The molecule has 4 rings (SSSR count). The van der Waals surface area contributed by atoms with Crippen molar-refractivity contribution in [2.45, 2.75) is 39.0 Å². The van der Waals surface area contributed by atoms with E-state index in [0.717, 1.165) is 4.90 Å². The predicted molar refractivity (Wildman–Crippen MR) is 103 cm³/mol. The van der Waals surface area contributed by atoms with Crippen molar-refractivity contribution in [2.75, 3.05) is 11.9 Å². The van der Waals surface area contributed by atoms with Gasteiger partial charge in [-0.3, -0.25) is 19.3 Å². The summed E-state index contributed by atoms with van der Waals surface area (Å²) < 4.78 is 5.76. The molecule has 0 unspecified atom stereocenters. The lowest BCUT2D eigenvalue weighted by Crippen LogP contribution is -2.38. The van der Waals surface area contributed by atoms with Gasteiger partial charge in [0, 0.05) is 11.1 Å². The Kier molecular flexibility index (Phi) is 4.33. The second kappa shape index (κ2) is 6.58. The van der Waals surface area contributed by atoms with Crippen LogP contribution in [0.3, 0.4) is 0 Å². The zero-order valence-corrected chi connectivity index (χ0v) is 16.2. The molecule has 146 valence electrons. The van der Waals surface area contributed by atoms with Gasteiger partial charge in [0.15, 0.2) is 5.58 Å². The minimum absolute atomic E-state index is 0.218. The van der Waals surface area contributed by atoms with Crippen LogP contribution in [0.25, 0.3) is 11.1 Å². The highest BCUT2D eigenvalue weighted by molar-refractivity contribution is 6.09. The second-order valence-corrected chi connectivity index (χ2v) is 8.42. The number of anilines is 1. The Morgan fingerprint density at radius 2 is 1.82 bits per heavy atom. The number of benzene rings is 1. The van der Waals surface area contributed by atoms with Crippen molar-refractivity contribution in [1.29, 1.82) is 0 Å². The van der Waals surface area contributed by atoms with Gasteiger partial charge in [0.1, 0.15) is 12.1 Å². The molecule has 1 aromatic carbocycles. The molecule has 0 spiro atoms. The first-order chi connectivity index (χ1) is 13.2. The van der Waals surface area contributed by atoms with Gasteiger partial charge in [0.05, 0.1) is 11.8 Å². The predicted octanol–water partition coefficient (Wildman–Crippen LogP) is 3.02. The Balaban J connectivity index is 1.46. The van der Waals surface area contributed by atoms with E-state index >= 15 is 0 Å². The number of hydrogen-bond donors (Lipinski definition) is 1. The molecule has 0 radical (unpaired) electrons. The summed E-state index contributed by atoms with van der Waals surface area (Å²) in [5.41, 5.74) is 1.62. The summed E-state index contributed by atoms with van der Waals surface area (Å²) in [6, 6.07) is 5.19. The maximum Gasteiger partial charge on any atom is 0.244 e. The fourth-order valence-electron chi connectivity index (χ4n) is 3.69. The second-order valence-electron chi connectivity index (χ2n) is 8.42. The number of carbonyl (C=O) groups excluding carboxylic acids is 3. The quantitative estimate of drug-likeness (QED) is 0.652. The summed E-state index contributed by atoms with van der Waals surface area (Å²) in [7, 11) is 0. The first-order valence-corrected chi connectivity index (χ1v) is 9.45. The highest BCUT2D eigenvalue weighted by Crippen LogP contribution is 2.35. The van der Waals surface area contributed by atoms with Crippen LogP contribution in [0.4, 0.5) is 5.69 Å². The molecule has 1 saturated heterocycles. The average Bonchev–Trinajstić information content (AvgIpc) is 3.17. The molecule has 1 N–H and O–H groups in total. The molecule has 2 atom stereocenters. The summed E-state index contributed by atoms with van der Waals surface area (Å²) in [6.07, 6.45) is 4.97. The molecule has 7 nitrogen and oxygen atoms in total. The third kappa shape index (κ3) is 3.21. The largest absolute Gasteiger partial charge is 0.440 e. The van der Waals surface area contributed by atoms with Crippen LogP contribution in [0.5, 0.6) is 0 Å². The van der Waals surface area contributed by atoms with Crippen molar-refractivity contribution in [1.82, 2.24) is 9.88 Å². The minimum atomic E-state index is -0.410. The molecule has 1 aromatic heterocycles. The lowest BCUT2D eigenvalue weighted by Gasteiger charge is -2.14. The smallest absolute Gasteiger partial charge is 0.244 e. The number of imide groups is 1. The number of carbonyl (C=O) groups is 3. The van der Waals surface area contributed by atoms with Gasteiger partial charge in [-0.25, -0.2) is 4.98 Å². The zero-order valence-electron chi connectivity index (χ0n) is 16.2. The van der Waals surface area contributed by atoms with E-state index in [1.165, 1.54) is 0 Å². The number of allylic oxidation sites excluding steroid dienone is 2. The number of fused-ring (bicyclic) bond motifs is 2. The Bertz CT molecular complexity index is 973. The summed E-state index contributed by atoms with van der Waals surface area (Å²) in [6.45, 7) is 5.77. The number of likely N-dealkylation sites (tertiary alicyclic amines) is 1. The van der Waals surface area contributed by atoms with Gasteiger partial charge in [0.25, 0.3) is 0 Å². The molecule has 0 saturated carbocycles. The molecule has 1 aliphatic heterocycles. The first kappa shape index (κ1) is 18.4. The van der Waals surface area contributed by atoms with Crippen molar-refractivity contribution in [3.63, 3.8) is 0 Å². The number of aromatic nitrogens is 1. The fourth-order valence-corrected chi connectivity index (χ4v) is 3.69. The van der Waals surface area contributed by atoms with Crippen molar-refractivity contribution >= 4 is 34.5 Å². The van der Waals surface area contributed by atoms with Gasteiger partial charge < -0.3 is 9.73 Å². The first-order valence-electron chi connectivity index (χ1n) is 9.45. The van der Waals surface area contributed by atoms with Crippen molar-refractivity contribution in [3.8, 4) is 0 Å². The van der Waals surface area contributed by atoms with Crippen LogP contribution in [-0.2, 0) is 19.8 Å². The molecule has 0 bridgehead atoms. The van der Waals surface area contributed by atoms with Crippen LogP contribution in [0.1, 0.15) is 39.5 Å². The molecule has 2 aromatic rings. The average molecular weight is 381 g/mol. The van der Waals surface area contributed by atoms with E-state index < -0.39 is 5.91 Å². The lowest BCUT2D eigenvalue weighted by molar-refractivity contribution is -0.142. The third-order valence-corrected chi connectivity index (χ3v) is 5.21. The van der Waals surface area contributed by atoms with Crippen LogP contribution in [0, 0.1) is 11.8 Å². The van der Waals surface area contributed by atoms with E-state index in [1.54, 1.807) is 18.2 Å². The van der Waals surface area contributed by atoms with E-state index in [1.807, 2.05) is 32.9 Å².